The highest BCUT2D eigenvalue weighted by molar-refractivity contribution is 5.76. The molecule has 0 bridgehead atoms. The first kappa shape index (κ1) is 19.9. The average molecular weight is 375 g/mol. The lowest BCUT2D eigenvalue weighted by molar-refractivity contribution is -0.134. The number of rotatable bonds is 7. The van der Waals surface area contributed by atoms with Gasteiger partial charge in [0.1, 0.15) is 0 Å². The lowest BCUT2D eigenvalue weighted by Gasteiger charge is -2.27. The Balaban J connectivity index is 1.79. The Morgan fingerprint density at radius 3 is 2.04 bits per heavy atom. The van der Waals surface area contributed by atoms with Crippen LogP contribution in [0.2, 0.25) is 0 Å². The molecule has 0 atom stereocenters. The van der Waals surface area contributed by atoms with Crippen LogP contribution in [0.1, 0.15) is 44.0 Å². The minimum Gasteiger partial charge on any atom is -0.345 e. The number of nitrogens with zero attached hydrogens (tertiary/aromatic N) is 2. The molecule has 3 rings (SSSR count). The summed E-state index contributed by atoms with van der Waals surface area (Å²) in [4.78, 5) is 15.1. The van der Waals surface area contributed by atoms with Gasteiger partial charge in [0.15, 0.2) is 0 Å². The standard InChI is InChI=1S/C25H30N2O/c1-25(2,3)17-24(28)27(19-22-13-8-5-9-14-22)20-23-15-10-16-26(23)18-21-11-6-4-7-12-21/h4-16H,17-20H2,1-3H3. The summed E-state index contributed by atoms with van der Waals surface area (Å²) in [6.07, 6.45) is 2.64. The predicted molar refractivity (Wildman–Crippen MR) is 115 cm³/mol. The maximum atomic E-state index is 13.1. The SMILES string of the molecule is CC(C)(C)CC(=O)N(Cc1ccccc1)Cc1cccn1Cc1ccccc1. The van der Waals surface area contributed by atoms with E-state index in [-0.39, 0.29) is 11.3 Å². The summed E-state index contributed by atoms with van der Waals surface area (Å²) >= 11 is 0. The monoisotopic (exact) mass is 374 g/mol. The van der Waals surface area contributed by atoms with Crippen LogP contribution in [0.3, 0.4) is 0 Å². The molecule has 0 unspecified atom stereocenters. The predicted octanol–water partition coefficient (Wildman–Crippen LogP) is 5.50. The molecule has 0 aliphatic carbocycles. The van der Waals surface area contributed by atoms with E-state index in [1.807, 2.05) is 29.2 Å². The van der Waals surface area contributed by atoms with E-state index in [0.29, 0.717) is 19.5 Å². The Bertz CT molecular complexity index is 876. The smallest absolute Gasteiger partial charge is 0.223 e. The lowest BCUT2D eigenvalue weighted by Crippen LogP contribution is -2.33. The van der Waals surface area contributed by atoms with E-state index in [9.17, 15) is 4.79 Å². The van der Waals surface area contributed by atoms with Gasteiger partial charge in [-0.05, 0) is 28.7 Å². The van der Waals surface area contributed by atoms with Crippen molar-refractivity contribution in [1.29, 1.82) is 0 Å². The molecule has 0 aliphatic heterocycles. The van der Waals surface area contributed by atoms with Crippen molar-refractivity contribution in [3.63, 3.8) is 0 Å². The third-order valence-corrected chi connectivity index (χ3v) is 4.72. The fraction of sp³-hybridized carbons (Fsp3) is 0.320. The van der Waals surface area contributed by atoms with Crippen LogP contribution in [0.15, 0.2) is 79.0 Å². The third-order valence-electron chi connectivity index (χ3n) is 4.72. The zero-order valence-electron chi connectivity index (χ0n) is 17.1. The molecule has 0 fully saturated rings. The number of carbonyl (C=O) groups is 1. The van der Waals surface area contributed by atoms with Gasteiger partial charge in [-0.25, -0.2) is 0 Å². The van der Waals surface area contributed by atoms with E-state index >= 15 is 0 Å². The first-order chi connectivity index (χ1) is 13.4. The number of amides is 1. The highest BCUT2D eigenvalue weighted by Gasteiger charge is 2.22. The second-order valence-corrected chi connectivity index (χ2v) is 8.59. The van der Waals surface area contributed by atoms with Crippen LogP contribution in [0.25, 0.3) is 0 Å². The molecule has 0 radical (unpaired) electrons. The van der Waals surface area contributed by atoms with Crippen LogP contribution >= 0.6 is 0 Å². The number of aromatic nitrogens is 1. The van der Waals surface area contributed by atoms with Crippen LogP contribution in [0.5, 0.6) is 0 Å². The molecule has 146 valence electrons. The van der Waals surface area contributed by atoms with Crippen molar-refractivity contribution < 1.29 is 4.79 Å². The van der Waals surface area contributed by atoms with Crippen molar-refractivity contribution in [2.24, 2.45) is 5.41 Å². The van der Waals surface area contributed by atoms with Gasteiger partial charge in [0.2, 0.25) is 5.91 Å². The highest BCUT2D eigenvalue weighted by atomic mass is 16.2. The minimum absolute atomic E-state index is 0.0297. The molecule has 0 aliphatic rings. The van der Waals surface area contributed by atoms with Crippen molar-refractivity contribution in [1.82, 2.24) is 9.47 Å². The molecule has 0 saturated heterocycles. The van der Waals surface area contributed by atoms with Gasteiger partial charge in [0, 0.05) is 31.4 Å². The van der Waals surface area contributed by atoms with E-state index in [1.54, 1.807) is 0 Å². The second-order valence-electron chi connectivity index (χ2n) is 8.59. The van der Waals surface area contributed by atoms with Gasteiger partial charge in [-0.2, -0.15) is 0 Å². The quantitative estimate of drug-likeness (QED) is 0.536. The number of carbonyl (C=O) groups excluding carboxylic acids is 1. The zero-order chi connectivity index (χ0) is 20.0. The fourth-order valence-corrected chi connectivity index (χ4v) is 3.32. The number of hydrogen-bond donors (Lipinski definition) is 0. The summed E-state index contributed by atoms with van der Waals surface area (Å²) in [5.41, 5.74) is 3.54. The van der Waals surface area contributed by atoms with Crippen LogP contribution in [0.4, 0.5) is 0 Å². The summed E-state index contributed by atoms with van der Waals surface area (Å²) in [6, 6.07) is 24.8. The fourth-order valence-electron chi connectivity index (χ4n) is 3.32. The summed E-state index contributed by atoms with van der Waals surface area (Å²) in [5.74, 6) is 0.198. The normalized spacial score (nSPS) is 11.4. The van der Waals surface area contributed by atoms with E-state index in [1.165, 1.54) is 5.56 Å². The number of benzene rings is 2. The lowest BCUT2D eigenvalue weighted by atomic mass is 9.91. The molecule has 28 heavy (non-hydrogen) atoms. The van der Waals surface area contributed by atoms with Crippen LogP contribution in [-0.2, 0) is 24.4 Å². The first-order valence-electron chi connectivity index (χ1n) is 9.90. The largest absolute Gasteiger partial charge is 0.345 e. The van der Waals surface area contributed by atoms with Gasteiger partial charge in [0.05, 0.1) is 6.54 Å². The Kier molecular flexibility index (Phi) is 6.35. The maximum absolute atomic E-state index is 13.1. The topological polar surface area (TPSA) is 25.2 Å². The first-order valence-corrected chi connectivity index (χ1v) is 9.90. The zero-order valence-corrected chi connectivity index (χ0v) is 17.1. The molecule has 0 spiro atoms. The van der Waals surface area contributed by atoms with Crippen molar-refractivity contribution in [3.8, 4) is 0 Å². The second kappa shape index (κ2) is 8.92. The maximum Gasteiger partial charge on any atom is 0.223 e. The molecule has 3 heteroatoms. The molecular formula is C25H30N2O. The van der Waals surface area contributed by atoms with Crippen molar-refractivity contribution in [2.45, 2.75) is 46.8 Å². The summed E-state index contributed by atoms with van der Waals surface area (Å²) in [5, 5.41) is 0. The van der Waals surface area contributed by atoms with Crippen molar-refractivity contribution in [2.75, 3.05) is 0 Å². The van der Waals surface area contributed by atoms with Gasteiger partial charge in [0.25, 0.3) is 0 Å². The molecule has 0 saturated carbocycles. The Morgan fingerprint density at radius 1 is 0.821 bits per heavy atom. The van der Waals surface area contributed by atoms with Gasteiger partial charge in [-0.15, -0.1) is 0 Å². The Morgan fingerprint density at radius 2 is 1.43 bits per heavy atom. The van der Waals surface area contributed by atoms with Gasteiger partial charge in [-0.3, -0.25) is 4.79 Å². The third kappa shape index (κ3) is 5.85. The number of hydrogen-bond acceptors (Lipinski definition) is 1. The van der Waals surface area contributed by atoms with Crippen LogP contribution in [0, 0.1) is 5.41 Å². The van der Waals surface area contributed by atoms with Crippen LogP contribution < -0.4 is 0 Å². The van der Waals surface area contributed by atoms with Crippen LogP contribution in [-0.4, -0.2) is 15.4 Å². The van der Waals surface area contributed by atoms with Gasteiger partial charge < -0.3 is 9.47 Å². The molecule has 3 aromatic rings. The summed E-state index contributed by atoms with van der Waals surface area (Å²) < 4.78 is 2.23. The molecule has 1 heterocycles. The minimum atomic E-state index is -0.0297. The molecule has 1 amide bonds. The van der Waals surface area contributed by atoms with Gasteiger partial charge >= 0.3 is 0 Å². The van der Waals surface area contributed by atoms with Crippen molar-refractivity contribution in [3.05, 3.63) is 95.8 Å². The molecule has 2 aromatic carbocycles. The average Bonchev–Trinajstić information content (AvgIpc) is 3.08. The van der Waals surface area contributed by atoms with E-state index < -0.39 is 0 Å². The molecule has 0 N–H and O–H groups in total. The molecule has 3 nitrogen and oxygen atoms in total. The highest BCUT2D eigenvalue weighted by Crippen LogP contribution is 2.22. The van der Waals surface area contributed by atoms with E-state index in [0.717, 1.165) is 17.8 Å². The molecular weight excluding hydrogens is 344 g/mol. The van der Waals surface area contributed by atoms with E-state index in [2.05, 4.69) is 80.1 Å². The Hall–Kier alpha value is -2.81. The Labute approximate surface area is 168 Å². The molecule has 1 aromatic heterocycles. The summed E-state index contributed by atoms with van der Waals surface area (Å²) in [7, 11) is 0. The van der Waals surface area contributed by atoms with Gasteiger partial charge in [-0.1, -0.05) is 81.4 Å². The summed E-state index contributed by atoms with van der Waals surface area (Å²) in [6.45, 7) is 8.41. The van der Waals surface area contributed by atoms with Crippen molar-refractivity contribution >= 4 is 5.91 Å². The van der Waals surface area contributed by atoms with E-state index in [4.69, 9.17) is 0 Å².